The molecule has 1 fully saturated rings. The fourth-order valence-corrected chi connectivity index (χ4v) is 5.81. The van der Waals surface area contributed by atoms with Gasteiger partial charge in [0, 0.05) is 23.1 Å². The van der Waals surface area contributed by atoms with Crippen LogP contribution >= 0.6 is 0 Å². The molecule has 1 amide bonds. The molecule has 2 heterocycles. The van der Waals surface area contributed by atoms with Crippen molar-refractivity contribution in [2.75, 3.05) is 6.54 Å². The predicted octanol–water partition coefficient (Wildman–Crippen LogP) is 6.61. The number of nitrogens with one attached hydrogen (secondary N) is 2. The average molecular weight is 442 g/mol. The molecule has 0 radical (unpaired) electrons. The van der Waals surface area contributed by atoms with Crippen molar-refractivity contribution in [2.45, 2.75) is 76.2 Å². The lowest BCUT2D eigenvalue weighted by Gasteiger charge is -2.40. The van der Waals surface area contributed by atoms with E-state index in [2.05, 4.69) is 65.8 Å². The molecule has 172 valence electrons. The minimum Gasteiger partial charge on any atom is -0.356 e. The van der Waals surface area contributed by atoms with E-state index in [-0.39, 0.29) is 17.4 Å². The maximum Gasteiger partial charge on any atom is 0.266 e. The van der Waals surface area contributed by atoms with Gasteiger partial charge in [-0.3, -0.25) is 9.79 Å². The molecule has 0 saturated heterocycles. The molecule has 1 saturated carbocycles. The highest BCUT2D eigenvalue weighted by Gasteiger charge is 2.46. The zero-order valence-electron chi connectivity index (χ0n) is 19.7. The Hall–Kier alpha value is -2.88. The molecule has 3 aromatic rings. The molecule has 1 aliphatic heterocycles. The fourth-order valence-electron chi connectivity index (χ4n) is 5.81. The second-order valence-corrected chi connectivity index (χ2v) is 9.71. The summed E-state index contributed by atoms with van der Waals surface area (Å²) < 4.78 is 0. The van der Waals surface area contributed by atoms with Crippen LogP contribution in [0.4, 0.5) is 0 Å². The second kappa shape index (κ2) is 9.54. The standard InChI is InChI=1S/C29H35N3O/c1-2-3-4-13-20-30-28(33)26-24(21-14-7-5-8-15-21)25-22-16-9-10-17-23(22)31-27(25)29(32-26)18-11-6-12-19-29/h5,7-10,14-17,24,31H,2-4,6,11-13,18-20H2,1H3,(H,30,33)/t24-/m1/s1. The number of carbonyl (C=O) groups is 1. The van der Waals surface area contributed by atoms with Gasteiger partial charge in [0.2, 0.25) is 0 Å². The number of rotatable bonds is 7. The number of para-hydroxylation sites is 1. The number of fused-ring (bicyclic) bond motifs is 4. The molecule has 2 aliphatic rings. The van der Waals surface area contributed by atoms with Crippen molar-refractivity contribution in [1.82, 2.24) is 10.3 Å². The smallest absolute Gasteiger partial charge is 0.266 e. The summed E-state index contributed by atoms with van der Waals surface area (Å²) in [5.74, 6) is -0.151. The molecule has 1 aliphatic carbocycles. The number of aromatic nitrogens is 1. The van der Waals surface area contributed by atoms with Gasteiger partial charge in [-0.05, 0) is 36.5 Å². The van der Waals surface area contributed by atoms with Gasteiger partial charge in [0.05, 0.1) is 5.92 Å². The number of hydrogen-bond acceptors (Lipinski definition) is 2. The maximum atomic E-state index is 13.7. The van der Waals surface area contributed by atoms with E-state index in [1.54, 1.807) is 0 Å². The SMILES string of the molecule is CCCCCCNC(=O)C1=NC2(CCCCC2)c2[nH]c3ccccc3c2[C@H]1c1ccccc1. The third-order valence-electron chi connectivity index (χ3n) is 7.47. The number of aliphatic imine (C=N–C) groups is 1. The van der Waals surface area contributed by atoms with Crippen molar-refractivity contribution in [3.63, 3.8) is 0 Å². The highest BCUT2D eigenvalue weighted by molar-refractivity contribution is 6.42. The van der Waals surface area contributed by atoms with Gasteiger partial charge in [0.25, 0.3) is 5.91 Å². The molecule has 4 nitrogen and oxygen atoms in total. The minimum atomic E-state index is -0.313. The van der Waals surface area contributed by atoms with Crippen molar-refractivity contribution in [2.24, 2.45) is 4.99 Å². The summed E-state index contributed by atoms with van der Waals surface area (Å²) in [6, 6.07) is 19.0. The molecular weight excluding hydrogens is 406 g/mol. The molecule has 5 rings (SSSR count). The highest BCUT2D eigenvalue weighted by Crippen LogP contribution is 2.50. The van der Waals surface area contributed by atoms with Crippen LogP contribution in [0.3, 0.4) is 0 Å². The van der Waals surface area contributed by atoms with Gasteiger partial charge in [-0.25, -0.2) is 0 Å². The van der Waals surface area contributed by atoms with E-state index in [1.165, 1.54) is 35.9 Å². The van der Waals surface area contributed by atoms with Gasteiger partial charge in [0.15, 0.2) is 0 Å². The van der Waals surface area contributed by atoms with Crippen LogP contribution in [0.2, 0.25) is 0 Å². The van der Waals surface area contributed by atoms with E-state index in [4.69, 9.17) is 4.99 Å². The topological polar surface area (TPSA) is 57.2 Å². The quantitative estimate of drug-likeness (QED) is 0.398. The van der Waals surface area contributed by atoms with Gasteiger partial charge in [0.1, 0.15) is 11.3 Å². The monoisotopic (exact) mass is 441 g/mol. The van der Waals surface area contributed by atoms with Gasteiger partial charge >= 0.3 is 0 Å². The lowest BCUT2D eigenvalue weighted by atomic mass is 9.71. The Labute approximate surface area is 196 Å². The normalized spacial score (nSPS) is 19.3. The van der Waals surface area contributed by atoms with Crippen molar-refractivity contribution in [3.8, 4) is 0 Å². The molecule has 4 heteroatoms. The van der Waals surface area contributed by atoms with Crippen LogP contribution in [0.1, 0.15) is 87.4 Å². The Bertz CT molecular complexity index is 1140. The molecule has 0 unspecified atom stereocenters. The van der Waals surface area contributed by atoms with Crippen molar-refractivity contribution >= 4 is 22.5 Å². The number of benzene rings is 2. The molecule has 2 N–H and O–H groups in total. The van der Waals surface area contributed by atoms with E-state index in [9.17, 15) is 4.79 Å². The number of hydrogen-bond donors (Lipinski definition) is 2. The average Bonchev–Trinajstić information content (AvgIpc) is 3.25. The lowest BCUT2D eigenvalue weighted by molar-refractivity contribution is -0.115. The van der Waals surface area contributed by atoms with E-state index in [1.807, 2.05) is 6.07 Å². The van der Waals surface area contributed by atoms with Gasteiger partial charge < -0.3 is 10.3 Å². The predicted molar refractivity (Wildman–Crippen MR) is 136 cm³/mol. The van der Waals surface area contributed by atoms with Crippen LogP contribution in [0.15, 0.2) is 59.6 Å². The molecule has 1 spiro atoms. The molecule has 1 aromatic heterocycles. The molecule has 2 aromatic carbocycles. The van der Waals surface area contributed by atoms with Crippen LogP contribution in [-0.2, 0) is 10.3 Å². The van der Waals surface area contributed by atoms with Crippen molar-refractivity contribution < 1.29 is 4.79 Å². The zero-order valence-corrected chi connectivity index (χ0v) is 19.7. The van der Waals surface area contributed by atoms with Gasteiger partial charge in [-0.2, -0.15) is 0 Å². The van der Waals surface area contributed by atoms with Gasteiger partial charge in [-0.1, -0.05) is 94.0 Å². The second-order valence-electron chi connectivity index (χ2n) is 9.71. The first-order valence-electron chi connectivity index (χ1n) is 12.8. The minimum absolute atomic E-state index is 0.00114. The summed E-state index contributed by atoms with van der Waals surface area (Å²) in [4.78, 5) is 22.8. The first kappa shape index (κ1) is 21.9. The highest BCUT2D eigenvalue weighted by atomic mass is 16.1. The van der Waals surface area contributed by atoms with Gasteiger partial charge in [-0.15, -0.1) is 0 Å². The Morgan fingerprint density at radius 1 is 1.00 bits per heavy atom. The summed E-state index contributed by atoms with van der Waals surface area (Å²) >= 11 is 0. The molecule has 1 atom stereocenters. The summed E-state index contributed by atoms with van der Waals surface area (Å²) in [5, 5.41) is 4.44. The third-order valence-corrected chi connectivity index (χ3v) is 7.47. The van der Waals surface area contributed by atoms with E-state index < -0.39 is 0 Å². The Kier molecular flexibility index (Phi) is 6.34. The zero-order chi connectivity index (χ0) is 22.7. The number of H-pyrrole nitrogens is 1. The van der Waals surface area contributed by atoms with Crippen LogP contribution in [0.5, 0.6) is 0 Å². The lowest BCUT2D eigenvalue weighted by Crippen LogP contribution is -2.43. The van der Waals surface area contributed by atoms with Crippen LogP contribution in [-0.4, -0.2) is 23.1 Å². The maximum absolute atomic E-state index is 13.7. The Morgan fingerprint density at radius 2 is 1.76 bits per heavy atom. The number of aromatic amines is 1. The Morgan fingerprint density at radius 3 is 2.55 bits per heavy atom. The first-order valence-corrected chi connectivity index (χ1v) is 12.8. The van der Waals surface area contributed by atoms with E-state index in [0.717, 1.165) is 49.6 Å². The van der Waals surface area contributed by atoms with Crippen LogP contribution in [0, 0.1) is 0 Å². The molecule has 0 bridgehead atoms. The molecule has 33 heavy (non-hydrogen) atoms. The number of nitrogens with zero attached hydrogens (tertiary/aromatic N) is 1. The molecular formula is C29H35N3O. The summed E-state index contributed by atoms with van der Waals surface area (Å²) in [6.45, 7) is 2.93. The summed E-state index contributed by atoms with van der Waals surface area (Å²) in [6.07, 6.45) is 10.1. The summed E-state index contributed by atoms with van der Waals surface area (Å²) in [7, 11) is 0. The van der Waals surface area contributed by atoms with E-state index >= 15 is 0 Å². The van der Waals surface area contributed by atoms with Crippen LogP contribution < -0.4 is 5.32 Å². The fraction of sp³-hybridized carbons (Fsp3) is 0.448. The largest absolute Gasteiger partial charge is 0.356 e. The Balaban J connectivity index is 1.62. The van der Waals surface area contributed by atoms with Crippen LogP contribution in [0.25, 0.3) is 10.9 Å². The van der Waals surface area contributed by atoms with Crippen molar-refractivity contribution in [3.05, 3.63) is 71.4 Å². The number of amides is 1. The first-order chi connectivity index (χ1) is 16.2. The summed E-state index contributed by atoms with van der Waals surface area (Å²) in [5.41, 5.74) is 5.14. The number of unbranched alkanes of at least 4 members (excludes halogenated alkanes) is 3. The third kappa shape index (κ3) is 4.12. The van der Waals surface area contributed by atoms with E-state index in [0.29, 0.717) is 12.3 Å². The number of carbonyl (C=O) groups excluding carboxylic acids is 1. The van der Waals surface area contributed by atoms with Crippen molar-refractivity contribution in [1.29, 1.82) is 0 Å².